The number of ether oxygens (including phenoxy) is 1. The molecule has 19 heavy (non-hydrogen) atoms. The van der Waals surface area contributed by atoms with Gasteiger partial charge >= 0.3 is 0 Å². The molecule has 0 unspecified atom stereocenters. The van der Waals surface area contributed by atoms with Gasteiger partial charge in [0, 0.05) is 5.39 Å². The highest BCUT2D eigenvalue weighted by Gasteiger charge is 2.18. The van der Waals surface area contributed by atoms with Gasteiger partial charge in [-0.25, -0.2) is 4.98 Å². The Bertz CT molecular complexity index is 724. The van der Waals surface area contributed by atoms with E-state index in [1.807, 2.05) is 36.4 Å². The van der Waals surface area contributed by atoms with Crippen molar-refractivity contribution >= 4 is 22.5 Å². The van der Waals surface area contributed by atoms with Crippen molar-refractivity contribution in [3.05, 3.63) is 42.0 Å². The number of hydrogen-bond donors (Lipinski definition) is 0. The lowest BCUT2D eigenvalue weighted by molar-refractivity contribution is 0.342. The highest BCUT2D eigenvalue weighted by atomic mass is 35.5. The van der Waals surface area contributed by atoms with Crippen LogP contribution in [0.4, 0.5) is 0 Å². The first-order chi connectivity index (χ1) is 9.33. The van der Waals surface area contributed by atoms with E-state index in [0.717, 1.165) is 10.9 Å². The first-order valence-corrected chi connectivity index (χ1v) is 6.31. The molecule has 0 saturated heterocycles. The van der Waals surface area contributed by atoms with Crippen molar-refractivity contribution < 1.29 is 9.26 Å². The van der Waals surface area contributed by atoms with Gasteiger partial charge in [0.05, 0.1) is 24.1 Å². The van der Waals surface area contributed by atoms with Crippen LogP contribution in [0.15, 0.2) is 40.9 Å². The fraction of sp³-hybridized carbons (Fsp3) is 0.143. The molecular weight excluding hydrogens is 264 g/mol. The lowest BCUT2D eigenvalue weighted by Gasteiger charge is -2.01. The van der Waals surface area contributed by atoms with E-state index in [4.69, 9.17) is 20.9 Å². The minimum atomic E-state index is 0.260. The first-order valence-electron chi connectivity index (χ1n) is 5.78. The second-order valence-corrected chi connectivity index (χ2v) is 4.29. The molecule has 96 valence electrons. The molecule has 0 spiro atoms. The second kappa shape index (κ2) is 4.90. The maximum Gasteiger partial charge on any atom is 0.259 e. The molecule has 3 aromatic rings. The number of aromatic nitrogens is 2. The van der Waals surface area contributed by atoms with Gasteiger partial charge in [0.25, 0.3) is 5.88 Å². The monoisotopic (exact) mass is 274 g/mol. The van der Waals surface area contributed by atoms with Crippen molar-refractivity contribution in [1.29, 1.82) is 0 Å². The Kier molecular flexibility index (Phi) is 3.09. The second-order valence-electron chi connectivity index (χ2n) is 4.02. The molecule has 1 aromatic carbocycles. The van der Waals surface area contributed by atoms with E-state index >= 15 is 0 Å². The van der Waals surface area contributed by atoms with Gasteiger partial charge in [-0.1, -0.05) is 24.3 Å². The first kappa shape index (κ1) is 12.0. The van der Waals surface area contributed by atoms with Gasteiger partial charge in [-0.3, -0.25) is 0 Å². The molecule has 5 heteroatoms. The molecule has 2 heterocycles. The summed E-state index contributed by atoms with van der Waals surface area (Å²) in [5, 5.41) is 4.91. The van der Waals surface area contributed by atoms with Crippen LogP contribution in [0.1, 0.15) is 5.56 Å². The Labute approximate surface area is 115 Å². The average molecular weight is 275 g/mol. The van der Waals surface area contributed by atoms with Crippen molar-refractivity contribution in [2.24, 2.45) is 0 Å². The number of para-hydroxylation sites is 1. The fourth-order valence-corrected chi connectivity index (χ4v) is 2.20. The normalized spacial score (nSPS) is 10.8. The van der Waals surface area contributed by atoms with E-state index in [1.54, 1.807) is 0 Å². The van der Waals surface area contributed by atoms with Crippen molar-refractivity contribution in [1.82, 2.24) is 10.1 Å². The maximum atomic E-state index is 5.92. The smallest absolute Gasteiger partial charge is 0.259 e. The largest absolute Gasteiger partial charge is 0.479 e. The molecule has 0 aliphatic carbocycles. The maximum absolute atomic E-state index is 5.92. The fourth-order valence-electron chi connectivity index (χ4n) is 1.97. The van der Waals surface area contributed by atoms with Crippen LogP contribution in [0.3, 0.4) is 0 Å². The highest BCUT2D eigenvalue weighted by Crippen LogP contribution is 2.31. The van der Waals surface area contributed by atoms with Crippen LogP contribution in [0.5, 0.6) is 5.88 Å². The predicted molar refractivity (Wildman–Crippen MR) is 73.3 cm³/mol. The van der Waals surface area contributed by atoms with E-state index in [-0.39, 0.29) is 5.88 Å². The van der Waals surface area contributed by atoms with Gasteiger partial charge in [-0.15, -0.1) is 11.6 Å². The zero-order chi connectivity index (χ0) is 13.2. The Morgan fingerprint density at radius 3 is 2.84 bits per heavy atom. The Morgan fingerprint density at radius 2 is 2.05 bits per heavy atom. The van der Waals surface area contributed by atoms with E-state index in [1.165, 1.54) is 7.11 Å². The van der Waals surface area contributed by atoms with Crippen LogP contribution >= 0.6 is 11.6 Å². The Morgan fingerprint density at radius 1 is 1.21 bits per heavy atom. The zero-order valence-electron chi connectivity index (χ0n) is 10.3. The molecule has 0 bridgehead atoms. The molecule has 0 aliphatic rings. The van der Waals surface area contributed by atoms with Crippen molar-refractivity contribution in [3.63, 3.8) is 0 Å². The number of rotatable bonds is 3. The third-order valence-corrected chi connectivity index (χ3v) is 3.18. The van der Waals surface area contributed by atoms with Gasteiger partial charge in [0.1, 0.15) is 5.69 Å². The van der Waals surface area contributed by atoms with Gasteiger partial charge in [-0.05, 0) is 17.3 Å². The summed E-state index contributed by atoms with van der Waals surface area (Å²) in [5.74, 6) is 1.22. The van der Waals surface area contributed by atoms with Crippen LogP contribution in [0, 0.1) is 0 Å². The topological polar surface area (TPSA) is 48.2 Å². The van der Waals surface area contributed by atoms with Crippen molar-refractivity contribution in [2.75, 3.05) is 7.11 Å². The number of hydrogen-bond acceptors (Lipinski definition) is 4. The number of alkyl halides is 1. The standard InChI is InChI=1S/C14H11ClN2O2/c1-18-14-10(8-15)13(19-17-14)12-7-6-9-4-2-3-5-11(9)16-12/h2-7H,8H2,1H3. The van der Waals surface area contributed by atoms with Gasteiger partial charge in [-0.2, -0.15) is 0 Å². The minimum Gasteiger partial charge on any atom is -0.479 e. The number of pyridine rings is 1. The average Bonchev–Trinajstić information content (AvgIpc) is 2.89. The van der Waals surface area contributed by atoms with E-state index in [9.17, 15) is 0 Å². The Balaban J connectivity index is 2.16. The highest BCUT2D eigenvalue weighted by molar-refractivity contribution is 6.17. The van der Waals surface area contributed by atoms with Gasteiger partial charge in [0.15, 0.2) is 5.76 Å². The summed E-state index contributed by atoms with van der Waals surface area (Å²) in [4.78, 5) is 4.55. The summed E-state index contributed by atoms with van der Waals surface area (Å²) >= 11 is 5.92. The lowest BCUT2D eigenvalue weighted by Crippen LogP contribution is -1.89. The molecule has 0 atom stereocenters. The minimum absolute atomic E-state index is 0.260. The summed E-state index contributed by atoms with van der Waals surface area (Å²) in [6.07, 6.45) is 0. The zero-order valence-corrected chi connectivity index (χ0v) is 11.0. The predicted octanol–water partition coefficient (Wildman–Crippen LogP) is 3.64. The molecule has 2 aromatic heterocycles. The molecule has 0 N–H and O–H groups in total. The third kappa shape index (κ3) is 2.04. The van der Waals surface area contributed by atoms with E-state index in [0.29, 0.717) is 22.9 Å². The molecule has 0 amide bonds. The molecular formula is C14H11ClN2O2. The summed E-state index contributed by atoms with van der Waals surface area (Å²) in [6.45, 7) is 0. The van der Waals surface area contributed by atoms with Crippen molar-refractivity contribution in [2.45, 2.75) is 5.88 Å². The van der Waals surface area contributed by atoms with Crippen molar-refractivity contribution in [3.8, 4) is 17.3 Å². The van der Waals surface area contributed by atoms with Crippen LogP contribution in [-0.2, 0) is 5.88 Å². The number of fused-ring (bicyclic) bond motifs is 1. The number of benzene rings is 1. The van der Waals surface area contributed by atoms with Gasteiger partial charge in [0.2, 0.25) is 0 Å². The number of nitrogens with zero attached hydrogens (tertiary/aromatic N) is 2. The lowest BCUT2D eigenvalue weighted by atomic mass is 10.1. The Hall–Kier alpha value is -2.07. The van der Waals surface area contributed by atoms with Gasteiger partial charge < -0.3 is 9.26 Å². The van der Waals surface area contributed by atoms with E-state index in [2.05, 4.69) is 10.1 Å². The van der Waals surface area contributed by atoms with Crippen LogP contribution in [0.25, 0.3) is 22.4 Å². The summed E-state index contributed by atoms with van der Waals surface area (Å²) < 4.78 is 10.4. The molecule has 0 saturated carbocycles. The molecule has 0 fully saturated rings. The molecule has 3 rings (SSSR count). The summed E-state index contributed by atoms with van der Waals surface area (Å²) in [5.41, 5.74) is 2.31. The van der Waals surface area contributed by atoms with Crippen LogP contribution in [0.2, 0.25) is 0 Å². The summed E-state index contributed by atoms with van der Waals surface area (Å²) in [6, 6.07) is 11.8. The summed E-state index contributed by atoms with van der Waals surface area (Å²) in [7, 11) is 1.53. The molecule has 0 aliphatic heterocycles. The third-order valence-electron chi connectivity index (χ3n) is 2.91. The quantitative estimate of drug-likeness (QED) is 0.684. The van der Waals surface area contributed by atoms with Crippen LogP contribution in [-0.4, -0.2) is 17.3 Å². The number of halogens is 1. The number of methoxy groups -OCH3 is 1. The molecule has 4 nitrogen and oxygen atoms in total. The molecule has 0 radical (unpaired) electrons. The SMILES string of the molecule is COc1noc(-c2ccc3ccccc3n2)c1CCl. The van der Waals surface area contributed by atoms with Crippen LogP contribution < -0.4 is 4.74 Å². The van der Waals surface area contributed by atoms with E-state index < -0.39 is 0 Å².